The van der Waals surface area contributed by atoms with Crippen molar-refractivity contribution in [3.63, 3.8) is 0 Å². The van der Waals surface area contributed by atoms with Crippen LogP contribution in [0, 0.1) is 0 Å². The van der Waals surface area contributed by atoms with E-state index in [1.807, 2.05) is 0 Å². The molecule has 2 aliphatic heterocycles. The van der Waals surface area contributed by atoms with Gasteiger partial charge in [0.2, 0.25) is 5.91 Å². The normalized spacial score (nSPS) is 27.7. The van der Waals surface area contributed by atoms with Gasteiger partial charge in [0.25, 0.3) is 0 Å². The average molecular weight is 183 g/mol. The highest BCUT2D eigenvalue weighted by molar-refractivity contribution is 5.79. The van der Waals surface area contributed by atoms with E-state index in [-0.39, 0.29) is 18.0 Å². The fourth-order valence-corrected chi connectivity index (χ4v) is 1.77. The molecule has 5 nitrogen and oxygen atoms in total. The molecule has 1 unspecified atom stereocenters. The Morgan fingerprint density at radius 3 is 2.85 bits per heavy atom. The molecule has 5 heteroatoms. The van der Waals surface area contributed by atoms with Gasteiger partial charge in [0.1, 0.15) is 0 Å². The highest BCUT2D eigenvalue weighted by Gasteiger charge is 2.27. The molecular weight excluding hydrogens is 170 g/mol. The molecule has 1 atom stereocenters. The largest absolute Gasteiger partial charge is 0.352 e. The number of rotatable bonds is 2. The summed E-state index contributed by atoms with van der Waals surface area (Å²) >= 11 is 0. The zero-order chi connectivity index (χ0) is 9.26. The Morgan fingerprint density at radius 2 is 2.31 bits per heavy atom. The molecule has 72 valence electrons. The maximum Gasteiger partial charge on any atom is 0.317 e. The van der Waals surface area contributed by atoms with Crippen molar-refractivity contribution in [2.45, 2.75) is 18.9 Å². The molecule has 2 saturated heterocycles. The van der Waals surface area contributed by atoms with Gasteiger partial charge < -0.3 is 15.5 Å². The molecule has 0 radical (unpaired) electrons. The SMILES string of the molecule is O=C1CCC(CN2CCNC2=O)N1. The van der Waals surface area contributed by atoms with Crippen LogP contribution < -0.4 is 10.6 Å². The quantitative estimate of drug-likeness (QED) is 0.594. The van der Waals surface area contributed by atoms with Crippen LogP contribution in [0.4, 0.5) is 4.79 Å². The fourth-order valence-electron chi connectivity index (χ4n) is 1.77. The van der Waals surface area contributed by atoms with Gasteiger partial charge in [-0.05, 0) is 6.42 Å². The molecule has 0 bridgehead atoms. The van der Waals surface area contributed by atoms with E-state index in [1.165, 1.54) is 0 Å². The van der Waals surface area contributed by atoms with Crippen LogP contribution in [0.25, 0.3) is 0 Å². The lowest BCUT2D eigenvalue weighted by Crippen LogP contribution is -2.40. The van der Waals surface area contributed by atoms with E-state index in [0.717, 1.165) is 19.5 Å². The molecule has 2 heterocycles. The van der Waals surface area contributed by atoms with Crippen LogP contribution in [-0.2, 0) is 4.79 Å². The van der Waals surface area contributed by atoms with E-state index in [4.69, 9.17) is 0 Å². The molecule has 0 aromatic rings. The first kappa shape index (κ1) is 8.34. The van der Waals surface area contributed by atoms with Crippen LogP contribution in [0.3, 0.4) is 0 Å². The minimum atomic E-state index is -0.0128. The van der Waals surface area contributed by atoms with Crippen LogP contribution in [-0.4, -0.2) is 42.5 Å². The Labute approximate surface area is 76.5 Å². The molecule has 0 spiro atoms. The highest BCUT2D eigenvalue weighted by Crippen LogP contribution is 2.09. The van der Waals surface area contributed by atoms with Gasteiger partial charge in [0.15, 0.2) is 0 Å². The van der Waals surface area contributed by atoms with Crippen LogP contribution in [0.2, 0.25) is 0 Å². The van der Waals surface area contributed by atoms with Crippen molar-refractivity contribution < 1.29 is 9.59 Å². The second-order valence-corrected chi connectivity index (χ2v) is 3.48. The second kappa shape index (κ2) is 3.24. The van der Waals surface area contributed by atoms with E-state index >= 15 is 0 Å². The van der Waals surface area contributed by atoms with Crippen molar-refractivity contribution in [2.75, 3.05) is 19.6 Å². The number of urea groups is 1. The molecule has 3 amide bonds. The molecule has 13 heavy (non-hydrogen) atoms. The lowest BCUT2D eigenvalue weighted by atomic mass is 10.2. The number of hydrogen-bond acceptors (Lipinski definition) is 2. The number of carbonyl (C=O) groups is 2. The van der Waals surface area contributed by atoms with Crippen molar-refractivity contribution in [2.24, 2.45) is 0 Å². The summed E-state index contributed by atoms with van der Waals surface area (Å²) in [5.74, 6) is 0.101. The molecule has 2 aliphatic rings. The smallest absolute Gasteiger partial charge is 0.317 e. The fraction of sp³-hybridized carbons (Fsp3) is 0.750. The van der Waals surface area contributed by atoms with Crippen molar-refractivity contribution in [1.82, 2.24) is 15.5 Å². The zero-order valence-corrected chi connectivity index (χ0v) is 7.38. The summed E-state index contributed by atoms with van der Waals surface area (Å²) in [6.07, 6.45) is 1.45. The number of nitrogens with zero attached hydrogens (tertiary/aromatic N) is 1. The van der Waals surface area contributed by atoms with Crippen LogP contribution in [0.15, 0.2) is 0 Å². The molecule has 0 aliphatic carbocycles. The van der Waals surface area contributed by atoms with Crippen LogP contribution in [0.1, 0.15) is 12.8 Å². The monoisotopic (exact) mass is 183 g/mol. The predicted molar refractivity (Wildman–Crippen MR) is 46.1 cm³/mol. The Kier molecular flexibility index (Phi) is 2.08. The minimum Gasteiger partial charge on any atom is -0.352 e. The summed E-state index contributed by atoms with van der Waals surface area (Å²) in [7, 11) is 0. The third-order valence-electron chi connectivity index (χ3n) is 2.47. The Balaban J connectivity index is 1.84. The molecule has 2 fully saturated rings. The van der Waals surface area contributed by atoms with Crippen molar-refractivity contribution >= 4 is 11.9 Å². The van der Waals surface area contributed by atoms with Gasteiger partial charge in [-0.3, -0.25) is 4.79 Å². The van der Waals surface area contributed by atoms with E-state index in [9.17, 15) is 9.59 Å². The van der Waals surface area contributed by atoms with Gasteiger partial charge in [-0.25, -0.2) is 4.79 Å². The molecule has 2 rings (SSSR count). The van der Waals surface area contributed by atoms with E-state index in [1.54, 1.807) is 4.90 Å². The molecular formula is C8H13N3O2. The van der Waals surface area contributed by atoms with Gasteiger partial charge in [0.05, 0.1) is 0 Å². The maximum absolute atomic E-state index is 11.1. The Bertz CT molecular complexity index is 242. The molecule has 0 aromatic heterocycles. The van der Waals surface area contributed by atoms with E-state index in [2.05, 4.69) is 10.6 Å². The first-order valence-electron chi connectivity index (χ1n) is 4.58. The lowest BCUT2D eigenvalue weighted by Gasteiger charge is -2.18. The van der Waals surface area contributed by atoms with Crippen molar-refractivity contribution in [3.05, 3.63) is 0 Å². The minimum absolute atomic E-state index is 0.0128. The summed E-state index contributed by atoms with van der Waals surface area (Å²) in [6, 6.07) is 0.150. The summed E-state index contributed by atoms with van der Waals surface area (Å²) in [6.45, 7) is 2.13. The number of nitrogens with one attached hydrogen (secondary N) is 2. The van der Waals surface area contributed by atoms with Crippen molar-refractivity contribution in [3.8, 4) is 0 Å². The van der Waals surface area contributed by atoms with Gasteiger partial charge >= 0.3 is 6.03 Å². The number of carbonyl (C=O) groups excluding carboxylic acids is 2. The van der Waals surface area contributed by atoms with Gasteiger partial charge in [-0.2, -0.15) is 0 Å². The van der Waals surface area contributed by atoms with Crippen molar-refractivity contribution in [1.29, 1.82) is 0 Å². The summed E-state index contributed by atoms with van der Waals surface area (Å²) in [4.78, 5) is 23.8. The highest BCUT2D eigenvalue weighted by atomic mass is 16.2. The standard InChI is InChI=1S/C8H13N3O2/c12-7-2-1-6(10-7)5-11-4-3-9-8(11)13/h6H,1-5H2,(H,9,13)(H,10,12). The number of amides is 3. The molecule has 2 N–H and O–H groups in total. The average Bonchev–Trinajstić information content (AvgIpc) is 2.64. The zero-order valence-electron chi connectivity index (χ0n) is 7.38. The third kappa shape index (κ3) is 1.74. The lowest BCUT2D eigenvalue weighted by molar-refractivity contribution is -0.119. The molecule has 0 aromatic carbocycles. The Hall–Kier alpha value is -1.26. The first-order valence-corrected chi connectivity index (χ1v) is 4.58. The van der Waals surface area contributed by atoms with Gasteiger partial charge in [0, 0.05) is 32.1 Å². The summed E-state index contributed by atoms with van der Waals surface area (Å²) in [5, 5.41) is 5.57. The first-order chi connectivity index (χ1) is 6.25. The molecule has 0 saturated carbocycles. The predicted octanol–water partition coefficient (Wildman–Crippen LogP) is -0.710. The van der Waals surface area contributed by atoms with Gasteiger partial charge in [-0.1, -0.05) is 0 Å². The second-order valence-electron chi connectivity index (χ2n) is 3.48. The summed E-state index contributed by atoms with van der Waals surface area (Å²) < 4.78 is 0. The van der Waals surface area contributed by atoms with E-state index < -0.39 is 0 Å². The van der Waals surface area contributed by atoms with Gasteiger partial charge in [-0.15, -0.1) is 0 Å². The number of hydrogen-bond donors (Lipinski definition) is 2. The van der Waals surface area contributed by atoms with Crippen LogP contribution >= 0.6 is 0 Å². The Morgan fingerprint density at radius 1 is 1.46 bits per heavy atom. The maximum atomic E-state index is 11.1. The van der Waals surface area contributed by atoms with E-state index in [0.29, 0.717) is 13.0 Å². The van der Waals surface area contributed by atoms with Crippen LogP contribution in [0.5, 0.6) is 0 Å². The summed E-state index contributed by atoms with van der Waals surface area (Å²) in [5.41, 5.74) is 0. The third-order valence-corrected chi connectivity index (χ3v) is 2.47. The topological polar surface area (TPSA) is 61.4 Å².